The number of aromatic nitrogens is 1. The summed E-state index contributed by atoms with van der Waals surface area (Å²) >= 11 is 1.56. The molecule has 1 saturated heterocycles. The van der Waals surface area contributed by atoms with Crippen molar-refractivity contribution in [2.45, 2.75) is 44.1 Å². The monoisotopic (exact) mass is 675 g/mol. The first kappa shape index (κ1) is 35.5. The molecule has 0 saturated carbocycles. The Morgan fingerprint density at radius 3 is 2.21 bits per heavy atom. The Kier molecular flexibility index (Phi) is 12.4. The molecule has 3 N–H and O–H groups in total. The number of carbonyl (C=O) groups excluding carboxylic acids is 1. The summed E-state index contributed by atoms with van der Waals surface area (Å²) in [6.45, 7) is 2.89. The maximum atomic E-state index is 13.9. The van der Waals surface area contributed by atoms with Crippen molar-refractivity contribution in [1.82, 2.24) is 14.8 Å². The van der Waals surface area contributed by atoms with Crippen molar-refractivity contribution in [2.24, 2.45) is 0 Å². The number of phenols is 1. The third-order valence-corrected chi connectivity index (χ3v) is 8.52. The van der Waals surface area contributed by atoms with Gasteiger partial charge in [-0.2, -0.15) is 13.2 Å². The number of phenolic OH excluding ortho intramolecular Hbond substituents is 1. The van der Waals surface area contributed by atoms with Gasteiger partial charge in [0, 0.05) is 6.54 Å². The van der Waals surface area contributed by atoms with E-state index in [4.69, 9.17) is 24.4 Å². The predicted molar refractivity (Wildman–Crippen MR) is 169 cm³/mol. The largest absolute Gasteiger partial charge is 0.508 e. The Balaban J connectivity index is 0.000000644. The molecular weight excluding hydrogens is 639 g/mol. The van der Waals surface area contributed by atoms with E-state index in [1.807, 2.05) is 48.5 Å². The number of nitrogens with zero attached hydrogens (tertiary/aromatic N) is 3. The van der Waals surface area contributed by atoms with Crippen molar-refractivity contribution in [3.63, 3.8) is 0 Å². The fourth-order valence-corrected chi connectivity index (χ4v) is 6.05. The lowest BCUT2D eigenvalue weighted by Crippen LogP contribution is -2.49. The minimum Gasteiger partial charge on any atom is -0.508 e. The van der Waals surface area contributed by atoms with Gasteiger partial charge in [0.1, 0.15) is 28.4 Å². The highest BCUT2D eigenvalue weighted by atomic mass is 32.1. The van der Waals surface area contributed by atoms with E-state index in [1.54, 1.807) is 47.6 Å². The Morgan fingerprint density at radius 2 is 1.62 bits per heavy atom. The molecule has 1 aliphatic heterocycles. The van der Waals surface area contributed by atoms with Gasteiger partial charge in [-0.15, -0.1) is 11.3 Å². The van der Waals surface area contributed by atoms with E-state index in [9.17, 15) is 28.2 Å². The van der Waals surface area contributed by atoms with Gasteiger partial charge in [-0.1, -0.05) is 24.3 Å². The van der Waals surface area contributed by atoms with Gasteiger partial charge in [-0.3, -0.25) is 4.79 Å². The Labute approximate surface area is 273 Å². The van der Waals surface area contributed by atoms with Gasteiger partial charge in [0.2, 0.25) is 5.91 Å². The maximum Gasteiger partial charge on any atom is 0.490 e. The van der Waals surface area contributed by atoms with E-state index in [0.717, 1.165) is 46.9 Å². The van der Waals surface area contributed by atoms with Gasteiger partial charge in [-0.05, 0) is 80.0 Å². The van der Waals surface area contributed by atoms with Crippen LogP contribution in [0.25, 0.3) is 10.2 Å². The first-order valence-electron chi connectivity index (χ1n) is 14.8. The number of amides is 1. The summed E-state index contributed by atoms with van der Waals surface area (Å²) in [6.07, 6.45) is -3.68. The Bertz CT molecular complexity index is 1560. The number of aliphatic hydroxyl groups excluding tert-OH is 1. The summed E-state index contributed by atoms with van der Waals surface area (Å²) in [7, 11) is 1.61. The number of thiazole rings is 1. The summed E-state index contributed by atoms with van der Waals surface area (Å²) in [5, 5.41) is 29.4. The fraction of sp³-hybridized carbons (Fsp3) is 0.364. The second-order valence-corrected chi connectivity index (χ2v) is 11.9. The average Bonchev–Trinajstić information content (AvgIpc) is 3.72. The second-order valence-electron chi connectivity index (χ2n) is 10.8. The number of carboxylic acids is 1. The number of aromatic hydroxyl groups is 1. The molecule has 1 amide bonds. The number of benzene rings is 3. The van der Waals surface area contributed by atoms with Crippen LogP contribution in [0.5, 0.6) is 17.2 Å². The molecule has 1 aliphatic rings. The van der Waals surface area contributed by atoms with Crippen molar-refractivity contribution in [2.75, 3.05) is 33.4 Å². The van der Waals surface area contributed by atoms with E-state index in [2.05, 4.69) is 4.90 Å². The molecule has 3 aromatic carbocycles. The first-order chi connectivity index (χ1) is 22.4. The van der Waals surface area contributed by atoms with Crippen LogP contribution in [0.3, 0.4) is 0 Å². The van der Waals surface area contributed by atoms with Crippen molar-refractivity contribution in [1.29, 1.82) is 0 Å². The highest BCUT2D eigenvalue weighted by Crippen LogP contribution is 2.29. The van der Waals surface area contributed by atoms with Crippen LogP contribution in [0, 0.1) is 0 Å². The number of halogens is 3. The molecule has 4 aromatic rings. The number of hydrogen-bond acceptors (Lipinski definition) is 9. The number of likely N-dealkylation sites (tertiary alicyclic amines) is 1. The minimum absolute atomic E-state index is 0.116. The lowest BCUT2D eigenvalue weighted by Gasteiger charge is -2.37. The standard InChI is InChI=1S/C31H35N3O5S.C2HF3O2/c1-38-24-12-14-25(15-13-24)39-19-16-30(36)34(21-29-32-26-6-2-3-7-28(26)40-29)27(20-33-17-4-5-18-33)31(37)22-8-10-23(35)11-9-22;3-2(4,5)1(6)7/h2-3,6-15,27,31,35,37H,4-5,16-21H2,1H3;(H,6,7)/t27-,31-;/m1./s1. The zero-order valence-corrected chi connectivity index (χ0v) is 26.4. The van der Waals surface area contributed by atoms with Gasteiger partial charge in [0.15, 0.2) is 0 Å². The minimum atomic E-state index is -5.08. The summed E-state index contributed by atoms with van der Waals surface area (Å²) in [4.78, 5) is 31.7. The lowest BCUT2D eigenvalue weighted by atomic mass is 9.99. The van der Waals surface area contributed by atoms with Crippen LogP contribution in [-0.2, 0) is 16.1 Å². The van der Waals surface area contributed by atoms with E-state index < -0.39 is 24.3 Å². The van der Waals surface area contributed by atoms with Gasteiger partial charge in [-0.25, -0.2) is 9.78 Å². The molecule has 1 aromatic heterocycles. The molecule has 47 heavy (non-hydrogen) atoms. The van der Waals surface area contributed by atoms with Crippen molar-refractivity contribution >= 4 is 33.4 Å². The molecule has 2 atom stereocenters. The number of rotatable bonds is 12. The number of aliphatic carboxylic acids is 1. The number of hydrogen-bond donors (Lipinski definition) is 3. The molecule has 252 valence electrons. The van der Waals surface area contributed by atoms with Crippen molar-refractivity contribution in [3.8, 4) is 17.2 Å². The van der Waals surface area contributed by atoms with Gasteiger partial charge < -0.3 is 34.6 Å². The summed E-state index contributed by atoms with van der Waals surface area (Å²) in [5.74, 6) is -1.35. The highest BCUT2D eigenvalue weighted by Gasteiger charge is 2.38. The molecule has 0 radical (unpaired) electrons. The smallest absolute Gasteiger partial charge is 0.490 e. The topological polar surface area (TPSA) is 133 Å². The molecule has 0 spiro atoms. The number of alkyl halides is 3. The normalized spacial score (nSPS) is 14.6. The summed E-state index contributed by atoms with van der Waals surface area (Å²) < 4.78 is 43.9. The quantitative estimate of drug-likeness (QED) is 0.175. The Hall–Kier alpha value is -4.40. The summed E-state index contributed by atoms with van der Waals surface area (Å²) in [6, 6.07) is 21.2. The molecule has 5 rings (SSSR count). The van der Waals surface area contributed by atoms with Crippen LogP contribution < -0.4 is 9.47 Å². The number of carbonyl (C=O) groups is 2. The van der Waals surface area contributed by atoms with E-state index in [0.29, 0.717) is 17.9 Å². The SMILES string of the molecule is COc1ccc(OCCC(=O)N(Cc2nc3ccccc3s2)[C@H](CN2CCCC2)[C@H](O)c2ccc(O)cc2)cc1.O=C(O)C(F)(F)F. The maximum absolute atomic E-state index is 13.9. The Morgan fingerprint density at radius 1 is 1.00 bits per heavy atom. The van der Waals surface area contributed by atoms with Crippen molar-refractivity contribution < 1.29 is 47.6 Å². The molecule has 0 unspecified atom stereocenters. The number of para-hydroxylation sites is 1. The van der Waals surface area contributed by atoms with Crippen molar-refractivity contribution in [3.05, 3.63) is 83.4 Å². The van der Waals surface area contributed by atoms with E-state index >= 15 is 0 Å². The zero-order chi connectivity index (χ0) is 34.0. The van der Waals surface area contributed by atoms with Gasteiger partial charge in [0.25, 0.3) is 0 Å². The van der Waals surface area contributed by atoms with E-state index in [-0.39, 0.29) is 31.2 Å². The van der Waals surface area contributed by atoms with Crippen LogP contribution in [-0.4, -0.2) is 87.5 Å². The van der Waals surface area contributed by atoms with Crippen LogP contribution in [0.2, 0.25) is 0 Å². The molecule has 0 aliphatic carbocycles. The highest BCUT2D eigenvalue weighted by molar-refractivity contribution is 7.18. The molecule has 1 fully saturated rings. The first-order valence-corrected chi connectivity index (χ1v) is 15.7. The predicted octanol–water partition coefficient (Wildman–Crippen LogP) is 5.64. The number of aliphatic hydroxyl groups is 1. The third kappa shape index (κ3) is 10.3. The number of carboxylic acid groups (broad SMARTS) is 1. The van der Waals surface area contributed by atoms with Crippen LogP contribution >= 0.6 is 11.3 Å². The van der Waals surface area contributed by atoms with Crippen LogP contribution in [0.15, 0.2) is 72.8 Å². The lowest BCUT2D eigenvalue weighted by molar-refractivity contribution is -0.192. The molecular formula is C33H36F3N3O7S. The third-order valence-electron chi connectivity index (χ3n) is 7.49. The number of ether oxygens (including phenoxy) is 2. The van der Waals surface area contributed by atoms with E-state index in [1.165, 1.54) is 0 Å². The van der Waals surface area contributed by atoms with Crippen LogP contribution in [0.1, 0.15) is 35.9 Å². The molecule has 0 bridgehead atoms. The number of fused-ring (bicyclic) bond motifs is 1. The fourth-order valence-electron chi connectivity index (χ4n) is 5.09. The number of methoxy groups -OCH3 is 1. The average molecular weight is 676 g/mol. The summed E-state index contributed by atoms with van der Waals surface area (Å²) in [5.41, 5.74) is 1.55. The second kappa shape index (κ2) is 16.4. The zero-order valence-electron chi connectivity index (χ0n) is 25.6. The van der Waals surface area contributed by atoms with Gasteiger partial charge in [0.05, 0.1) is 42.9 Å². The molecule has 2 heterocycles. The van der Waals surface area contributed by atoms with Gasteiger partial charge >= 0.3 is 12.1 Å². The van der Waals surface area contributed by atoms with Crippen LogP contribution in [0.4, 0.5) is 13.2 Å². The molecule has 10 nitrogen and oxygen atoms in total. The molecule has 14 heteroatoms.